The monoisotopic (exact) mass is 306 g/mol. The zero-order valence-corrected chi connectivity index (χ0v) is 12.8. The van der Waals surface area contributed by atoms with Crippen molar-refractivity contribution in [3.63, 3.8) is 0 Å². The van der Waals surface area contributed by atoms with Gasteiger partial charge in [-0.2, -0.15) is 0 Å². The third kappa shape index (κ3) is 7.92. The highest BCUT2D eigenvalue weighted by molar-refractivity contribution is 5.79. The average molecular weight is 306 g/mol. The largest absolute Gasteiger partial charge is 0.480 e. The van der Waals surface area contributed by atoms with Gasteiger partial charge in [-0.15, -0.1) is 6.42 Å². The van der Waals surface area contributed by atoms with E-state index in [1.165, 1.54) is 5.56 Å². The van der Waals surface area contributed by atoms with Gasteiger partial charge in [0.25, 0.3) is 0 Å². The number of ether oxygens (including phenoxy) is 1. The van der Waals surface area contributed by atoms with E-state index in [1.54, 1.807) is 6.92 Å². The first-order valence-corrected chi connectivity index (χ1v) is 6.82. The Bertz CT molecular complexity index is 523. The van der Waals surface area contributed by atoms with Crippen LogP contribution in [-0.4, -0.2) is 36.2 Å². The van der Waals surface area contributed by atoms with Gasteiger partial charge in [-0.3, -0.25) is 4.79 Å². The number of rotatable bonds is 6. The first kappa shape index (κ1) is 19.5. The minimum absolute atomic E-state index is 0.0142. The fourth-order valence-electron chi connectivity index (χ4n) is 1.50. The molecular formula is C16H22N2O4. The molecular weight excluding hydrogens is 284 g/mol. The van der Waals surface area contributed by atoms with Gasteiger partial charge < -0.3 is 20.9 Å². The van der Waals surface area contributed by atoms with Crippen LogP contribution in [0.15, 0.2) is 24.3 Å². The molecule has 1 rings (SSSR count). The molecule has 0 aliphatic rings. The quantitative estimate of drug-likeness (QED) is 0.540. The van der Waals surface area contributed by atoms with Crippen molar-refractivity contribution in [2.75, 3.05) is 18.5 Å². The number of nitrogens with one attached hydrogen (secondary N) is 1. The molecule has 0 aromatic heterocycles. The third-order valence-corrected chi connectivity index (χ3v) is 2.60. The van der Waals surface area contributed by atoms with Crippen molar-refractivity contribution in [3.8, 4) is 12.3 Å². The molecule has 0 aliphatic heterocycles. The fourth-order valence-corrected chi connectivity index (χ4v) is 1.50. The minimum Gasteiger partial charge on any atom is -0.480 e. The number of carboxylic acid groups (broad SMARTS) is 1. The van der Waals surface area contributed by atoms with Crippen LogP contribution < -0.4 is 11.1 Å². The smallest absolute Gasteiger partial charge is 0.329 e. The molecule has 1 aromatic rings. The molecule has 0 saturated heterocycles. The van der Waals surface area contributed by atoms with E-state index in [-0.39, 0.29) is 19.1 Å². The molecule has 0 bridgehead atoms. The molecule has 0 saturated carbocycles. The number of nitrogens with two attached hydrogens (primary N) is 1. The van der Waals surface area contributed by atoms with Crippen LogP contribution in [-0.2, 0) is 20.7 Å². The van der Waals surface area contributed by atoms with Crippen LogP contribution >= 0.6 is 0 Å². The second-order valence-corrected chi connectivity index (χ2v) is 4.29. The molecule has 0 spiro atoms. The second kappa shape index (κ2) is 11.2. The van der Waals surface area contributed by atoms with Gasteiger partial charge in [0.15, 0.2) is 6.61 Å². The van der Waals surface area contributed by atoms with Crippen molar-refractivity contribution in [2.45, 2.75) is 26.3 Å². The zero-order valence-electron chi connectivity index (χ0n) is 12.8. The van der Waals surface area contributed by atoms with Crippen molar-refractivity contribution in [2.24, 2.45) is 5.73 Å². The van der Waals surface area contributed by atoms with Crippen LogP contribution in [0.5, 0.6) is 0 Å². The summed E-state index contributed by atoms with van der Waals surface area (Å²) < 4.78 is 4.86. The highest BCUT2D eigenvalue weighted by Crippen LogP contribution is 2.16. The molecule has 0 amide bonds. The maximum Gasteiger partial charge on any atom is 0.329 e. The van der Waals surface area contributed by atoms with Crippen LogP contribution in [0.1, 0.15) is 19.4 Å². The summed E-state index contributed by atoms with van der Waals surface area (Å²) >= 11 is 0. The van der Waals surface area contributed by atoms with E-state index in [4.69, 9.17) is 16.3 Å². The summed E-state index contributed by atoms with van der Waals surface area (Å²) in [5.74, 6) is 0.962. The molecule has 6 nitrogen and oxygen atoms in total. The normalized spacial score (nSPS) is 10.5. The SMILES string of the molecule is C#CCOC(=O)[C@H](C)Nc1ccccc1CC.NCC(=O)O. The Hall–Kier alpha value is -2.52. The summed E-state index contributed by atoms with van der Waals surface area (Å²) in [6.45, 7) is 3.56. The number of hydrogen-bond donors (Lipinski definition) is 3. The molecule has 6 heteroatoms. The first-order valence-electron chi connectivity index (χ1n) is 6.82. The van der Waals surface area contributed by atoms with E-state index in [9.17, 15) is 9.59 Å². The number of para-hydroxylation sites is 1. The average Bonchev–Trinajstić information content (AvgIpc) is 2.53. The van der Waals surface area contributed by atoms with Gasteiger partial charge in [-0.25, -0.2) is 4.79 Å². The third-order valence-electron chi connectivity index (χ3n) is 2.60. The van der Waals surface area contributed by atoms with E-state index in [0.29, 0.717) is 0 Å². The highest BCUT2D eigenvalue weighted by atomic mass is 16.5. The lowest BCUT2D eigenvalue weighted by molar-refractivity contribution is -0.142. The van der Waals surface area contributed by atoms with E-state index in [1.807, 2.05) is 24.3 Å². The Balaban J connectivity index is 0.000000763. The Morgan fingerprint density at radius 1 is 1.45 bits per heavy atom. The van der Waals surface area contributed by atoms with Gasteiger partial charge in [-0.05, 0) is 25.0 Å². The summed E-state index contributed by atoms with van der Waals surface area (Å²) in [4.78, 5) is 20.8. The molecule has 120 valence electrons. The maximum atomic E-state index is 11.5. The van der Waals surface area contributed by atoms with E-state index in [2.05, 4.69) is 23.9 Å². The van der Waals surface area contributed by atoms with Crippen molar-refractivity contribution < 1.29 is 19.4 Å². The molecule has 0 aliphatic carbocycles. The number of carboxylic acids is 1. The number of carbonyl (C=O) groups excluding carboxylic acids is 1. The van der Waals surface area contributed by atoms with Crippen molar-refractivity contribution in [1.82, 2.24) is 0 Å². The highest BCUT2D eigenvalue weighted by Gasteiger charge is 2.14. The predicted molar refractivity (Wildman–Crippen MR) is 85.4 cm³/mol. The van der Waals surface area contributed by atoms with Crippen LogP contribution in [0.2, 0.25) is 0 Å². The Morgan fingerprint density at radius 3 is 2.55 bits per heavy atom. The van der Waals surface area contributed by atoms with Gasteiger partial charge in [-0.1, -0.05) is 31.0 Å². The number of aryl methyl sites for hydroxylation is 1. The van der Waals surface area contributed by atoms with Crippen molar-refractivity contribution in [3.05, 3.63) is 29.8 Å². The number of carbonyl (C=O) groups is 2. The zero-order chi connectivity index (χ0) is 17.0. The molecule has 1 atom stereocenters. The van der Waals surface area contributed by atoms with Crippen LogP contribution in [0.4, 0.5) is 5.69 Å². The molecule has 0 fully saturated rings. The fraction of sp³-hybridized carbons (Fsp3) is 0.375. The Morgan fingerprint density at radius 2 is 2.05 bits per heavy atom. The van der Waals surface area contributed by atoms with Crippen LogP contribution in [0, 0.1) is 12.3 Å². The van der Waals surface area contributed by atoms with Gasteiger partial charge >= 0.3 is 11.9 Å². The number of esters is 1. The van der Waals surface area contributed by atoms with E-state index in [0.717, 1.165) is 12.1 Å². The molecule has 0 radical (unpaired) electrons. The predicted octanol–water partition coefficient (Wildman–Crippen LogP) is 1.26. The lowest BCUT2D eigenvalue weighted by Crippen LogP contribution is -2.28. The molecule has 4 N–H and O–H groups in total. The van der Waals surface area contributed by atoms with Crippen molar-refractivity contribution in [1.29, 1.82) is 0 Å². The van der Waals surface area contributed by atoms with Crippen molar-refractivity contribution >= 4 is 17.6 Å². The van der Waals surface area contributed by atoms with E-state index >= 15 is 0 Å². The second-order valence-electron chi connectivity index (χ2n) is 4.29. The van der Waals surface area contributed by atoms with Gasteiger partial charge in [0.1, 0.15) is 6.04 Å². The van der Waals surface area contributed by atoms with Gasteiger partial charge in [0.05, 0.1) is 6.54 Å². The molecule has 0 heterocycles. The summed E-state index contributed by atoms with van der Waals surface area (Å²) in [7, 11) is 0. The topological polar surface area (TPSA) is 102 Å². The summed E-state index contributed by atoms with van der Waals surface area (Å²) in [5.41, 5.74) is 6.70. The molecule has 22 heavy (non-hydrogen) atoms. The van der Waals surface area contributed by atoms with Gasteiger partial charge in [0.2, 0.25) is 0 Å². The number of benzene rings is 1. The standard InChI is InChI=1S/C14H17NO2.C2H5NO2/c1-4-10-17-14(16)11(3)15-13-9-7-6-8-12(13)5-2;3-1-2(4)5/h1,6-9,11,15H,5,10H2,2-3H3;1,3H2,(H,4,5)/t11-;/m0./s1. The lowest BCUT2D eigenvalue weighted by Gasteiger charge is -2.16. The molecule has 0 unspecified atom stereocenters. The number of aliphatic carboxylic acids is 1. The molecule has 1 aromatic carbocycles. The van der Waals surface area contributed by atoms with E-state index < -0.39 is 12.0 Å². The Kier molecular flexibility index (Phi) is 9.89. The number of anilines is 1. The number of hydrogen-bond acceptors (Lipinski definition) is 5. The summed E-state index contributed by atoms with van der Waals surface area (Å²) in [6, 6.07) is 7.48. The maximum absolute atomic E-state index is 11.5. The summed E-state index contributed by atoms with van der Waals surface area (Å²) in [5, 5.41) is 10.7. The van der Waals surface area contributed by atoms with Crippen LogP contribution in [0.3, 0.4) is 0 Å². The first-order chi connectivity index (χ1) is 10.5. The minimum atomic E-state index is -0.968. The summed E-state index contributed by atoms with van der Waals surface area (Å²) in [6.07, 6.45) is 5.94. The Labute approximate surface area is 130 Å². The number of terminal acetylenes is 1. The van der Waals surface area contributed by atoms with Gasteiger partial charge in [0, 0.05) is 5.69 Å². The van der Waals surface area contributed by atoms with Crippen LogP contribution in [0.25, 0.3) is 0 Å². The lowest BCUT2D eigenvalue weighted by atomic mass is 10.1.